The van der Waals surface area contributed by atoms with Crippen molar-refractivity contribution in [1.82, 2.24) is 0 Å². The van der Waals surface area contributed by atoms with Crippen molar-refractivity contribution in [1.29, 1.82) is 0 Å². The average molecular weight is 1650 g/mol. The van der Waals surface area contributed by atoms with Crippen molar-refractivity contribution in [2.75, 3.05) is 20.8 Å². The number of methoxy groups -OCH3 is 2. The largest absolute Gasteiger partial charge is 0.497 e. The van der Waals surface area contributed by atoms with Gasteiger partial charge in [0.05, 0.1) is 67.6 Å². The predicted molar refractivity (Wildman–Crippen MR) is 467 cm³/mol. The molecule has 16 nitrogen and oxygen atoms in total. The van der Waals surface area contributed by atoms with E-state index in [4.69, 9.17) is 69.5 Å². The smallest absolute Gasteiger partial charge is 0.330 e. The van der Waals surface area contributed by atoms with Crippen LogP contribution in [0.3, 0.4) is 0 Å². The van der Waals surface area contributed by atoms with Crippen LogP contribution in [0, 0.1) is 35.5 Å². The van der Waals surface area contributed by atoms with Gasteiger partial charge >= 0.3 is 5.97 Å². The maximum atomic E-state index is 15.8. The van der Waals surface area contributed by atoms with E-state index in [-0.39, 0.29) is 65.1 Å². The van der Waals surface area contributed by atoms with Crippen LogP contribution in [-0.4, -0.2) is 165 Å². The zero-order valence-corrected chi connectivity index (χ0v) is 81.6. The first-order valence-electron chi connectivity index (χ1n) is 44.9. The van der Waals surface area contributed by atoms with Crippen LogP contribution in [0.4, 0.5) is 0 Å². The van der Waals surface area contributed by atoms with Crippen LogP contribution in [0.1, 0.15) is 263 Å². The van der Waals surface area contributed by atoms with Gasteiger partial charge in [0.1, 0.15) is 24.1 Å². The SMILES string of the molecule is CC[C@H](C[C@@H]1OC2(CC[C@@H]1C)CC1OC(=O)/C=C/[C@@](C)(O[Si](CC)(CC)CC)[C@H]3OC(C)(C)O[C@H]([C@H]3C)[C@H](O[C@@H]3C[C@H](OC)[C@H](C)[C@@H](C)O3)[C@@H](O[Si](CC)(CC)CC)[C@](C)(O[Si](CC)(CC)CC)CCC/C=C/C(C[C@H](C)CO[Si](C)(C)C(C)(C)C)C(OCc3ccc(OC)cc3)CC(O2)[C@H]1C)O[Si](CC)(CC)C(C)C. The lowest BCUT2D eigenvalue weighted by molar-refractivity contribution is -0.370. The predicted octanol–water partition coefficient (Wildman–Crippen LogP) is 23.6. The molecule has 1 aromatic carbocycles. The highest BCUT2D eigenvalue weighted by Gasteiger charge is 2.60. The molecule has 0 N–H and O–H groups in total. The molecule has 644 valence electrons. The summed E-state index contributed by atoms with van der Waals surface area (Å²) in [6.07, 6.45) is 11.0. The summed E-state index contributed by atoms with van der Waals surface area (Å²) in [6.45, 7) is 67.2. The second kappa shape index (κ2) is 42.7. The Morgan fingerprint density at radius 2 is 1.27 bits per heavy atom. The molecule has 4 fully saturated rings. The number of esters is 1. The number of benzene rings is 1. The number of rotatable bonds is 35. The van der Waals surface area contributed by atoms with Gasteiger partial charge in [-0.05, 0) is 205 Å². The van der Waals surface area contributed by atoms with Crippen LogP contribution >= 0.6 is 0 Å². The monoisotopic (exact) mass is 1650 g/mol. The molecule has 5 unspecified atom stereocenters. The molecule has 4 bridgehead atoms. The number of fused-ring (bicyclic) bond motifs is 4. The minimum atomic E-state index is -2.59. The molecule has 0 aliphatic carbocycles. The van der Waals surface area contributed by atoms with Crippen molar-refractivity contribution in [2.24, 2.45) is 35.5 Å². The van der Waals surface area contributed by atoms with Gasteiger partial charge in [-0.3, -0.25) is 0 Å². The van der Waals surface area contributed by atoms with Gasteiger partial charge in [-0.25, -0.2) is 4.79 Å². The van der Waals surface area contributed by atoms with Gasteiger partial charge in [-0.15, -0.1) is 0 Å². The lowest BCUT2D eigenvalue weighted by atomic mass is 9.78. The van der Waals surface area contributed by atoms with E-state index in [1.807, 2.05) is 39.2 Å². The van der Waals surface area contributed by atoms with Crippen molar-refractivity contribution in [3.8, 4) is 5.75 Å². The van der Waals surface area contributed by atoms with Gasteiger partial charge in [0.2, 0.25) is 0 Å². The molecule has 4 saturated heterocycles. The third-order valence-electron chi connectivity index (χ3n) is 29.1. The van der Waals surface area contributed by atoms with Crippen LogP contribution in [0.2, 0.25) is 90.2 Å². The van der Waals surface area contributed by atoms with Crippen LogP contribution in [0.15, 0.2) is 48.6 Å². The number of allylic oxidation sites excluding steroid dienone is 1. The maximum absolute atomic E-state index is 15.8. The van der Waals surface area contributed by atoms with Crippen molar-refractivity contribution in [3.05, 3.63) is 54.1 Å². The van der Waals surface area contributed by atoms with Gasteiger partial charge in [0.15, 0.2) is 59.5 Å². The number of carbonyl (C=O) groups is 1. The molecule has 21 heteroatoms. The molecule has 0 aromatic heterocycles. The third-order valence-corrected chi connectivity index (χ3v) is 53.0. The molecular formula is C90H168O16Si5. The van der Waals surface area contributed by atoms with Crippen LogP contribution in [0.25, 0.3) is 0 Å². The number of hydrogen-bond acceptors (Lipinski definition) is 16. The van der Waals surface area contributed by atoms with Crippen molar-refractivity contribution in [2.45, 2.75) is 451 Å². The fraction of sp³-hybridized carbons (Fsp3) is 0.878. The molecule has 6 rings (SSSR count). The summed E-state index contributed by atoms with van der Waals surface area (Å²) in [5.74, 6) is -2.14. The summed E-state index contributed by atoms with van der Waals surface area (Å²) in [6, 6.07) is 18.6. The van der Waals surface area contributed by atoms with E-state index in [1.165, 1.54) is 0 Å². The summed E-state index contributed by atoms with van der Waals surface area (Å²) in [7, 11) is -8.35. The van der Waals surface area contributed by atoms with E-state index >= 15 is 4.79 Å². The molecule has 0 amide bonds. The Morgan fingerprint density at radius 3 is 1.82 bits per heavy atom. The topological polar surface area (TPSA) is 156 Å². The summed E-state index contributed by atoms with van der Waals surface area (Å²) >= 11 is 0. The summed E-state index contributed by atoms with van der Waals surface area (Å²) < 4.78 is 112. The van der Waals surface area contributed by atoms with Gasteiger partial charge < -0.3 is 69.5 Å². The van der Waals surface area contributed by atoms with Crippen LogP contribution < -0.4 is 4.74 Å². The first kappa shape index (κ1) is 98.4. The zero-order chi connectivity index (χ0) is 82.9. The van der Waals surface area contributed by atoms with Crippen molar-refractivity contribution in [3.63, 3.8) is 0 Å². The minimum Gasteiger partial charge on any atom is -0.497 e. The van der Waals surface area contributed by atoms with Gasteiger partial charge in [-0.1, -0.05) is 177 Å². The number of carbonyl (C=O) groups excluding carboxylic acids is 1. The molecular weight excluding hydrogens is 1480 g/mol. The molecule has 0 saturated carbocycles. The van der Waals surface area contributed by atoms with E-state index in [0.717, 1.165) is 116 Å². The molecule has 1 aromatic rings. The Morgan fingerprint density at radius 1 is 0.667 bits per heavy atom. The molecule has 111 heavy (non-hydrogen) atoms. The fourth-order valence-corrected chi connectivity index (χ4v) is 32.8. The first-order valence-corrected chi connectivity index (χ1v) is 57.8. The summed E-state index contributed by atoms with van der Waals surface area (Å²) in [5, 5.41) is 0.0412. The highest BCUT2D eigenvalue weighted by atomic mass is 28.4. The van der Waals surface area contributed by atoms with E-state index in [0.29, 0.717) is 50.9 Å². The Kier molecular flexibility index (Phi) is 37.8. The van der Waals surface area contributed by atoms with E-state index in [9.17, 15) is 0 Å². The number of hydrogen-bond donors (Lipinski definition) is 0. The van der Waals surface area contributed by atoms with E-state index in [2.05, 4.69) is 210 Å². The molecule has 0 radical (unpaired) electrons. The molecule has 5 aliphatic heterocycles. The molecule has 5 aliphatic rings. The second-order valence-corrected chi connectivity index (χ2v) is 61.7. The molecule has 1 spiro atoms. The lowest BCUT2D eigenvalue weighted by Crippen LogP contribution is -2.68. The Bertz CT molecular complexity index is 2920. The maximum Gasteiger partial charge on any atom is 0.330 e. The number of ether oxygens (including phenoxy) is 10. The second-order valence-electron chi connectivity index (χ2n) is 37.8. The van der Waals surface area contributed by atoms with Crippen LogP contribution in [0.5, 0.6) is 5.75 Å². The lowest BCUT2D eigenvalue weighted by Gasteiger charge is -2.57. The summed E-state index contributed by atoms with van der Waals surface area (Å²) in [4.78, 5) is 15.8. The highest BCUT2D eigenvalue weighted by molar-refractivity contribution is 6.76. The Hall–Kier alpha value is -1.47. The van der Waals surface area contributed by atoms with E-state index < -0.39 is 119 Å². The standard InChI is InChI=1S/C90H168O16Si5/c1-32-73(103-111(42-11,43-12)64(13)14)58-75-66(16)52-56-90(99-75)61-79-68(18)77(100-90)59-78(94-63-71-48-50-74(92-28)51-49-71)72(57-65(15)62-95-107(30,31)86(21,22)23)47-45-44-46-54-88(26,105-109(36-5,37-6)38-7)85(104-108(33-2,34-3)35-4)83(98-81-60-76(93-29)67(17)70(20)96-81)82-69(19)84(102-87(24,25)101-82)89(27,55-53-80(91)97-79)106-110(39-8,40-9)41-10/h45,47-51,53,55,64-70,72-73,75-79,81-85H,32-44,46,52,54,56-63H2,1-31H3/b47-45+,55-53+/t65-,66-,67+,68+,69+,70+,72?,73+,75-,76-,77?,78?,79?,81+,82+,83-,84-,85+,88+,89+,90?/m0/s1. The quantitative estimate of drug-likeness (QED) is 0.0359. The minimum absolute atomic E-state index is 0.0359. The first-order chi connectivity index (χ1) is 52.1. The summed E-state index contributed by atoms with van der Waals surface area (Å²) in [5.41, 5.74) is -0.560. The van der Waals surface area contributed by atoms with E-state index in [1.54, 1.807) is 13.2 Å². The van der Waals surface area contributed by atoms with Gasteiger partial charge in [0.25, 0.3) is 0 Å². The average Bonchev–Trinajstić information content (AvgIpc) is 0.742. The molecule has 21 atom stereocenters. The fourth-order valence-electron chi connectivity index (χ4n) is 18.9. The normalized spacial score (nSPS) is 34.0. The Balaban J connectivity index is 1.70. The molecule has 5 heterocycles. The third kappa shape index (κ3) is 25.1. The van der Waals surface area contributed by atoms with Crippen molar-refractivity contribution < 1.29 is 74.3 Å². The van der Waals surface area contributed by atoms with Gasteiger partial charge in [-0.2, -0.15) is 0 Å². The Labute approximate surface area is 684 Å². The van der Waals surface area contributed by atoms with Crippen molar-refractivity contribution >= 4 is 47.6 Å². The zero-order valence-electron chi connectivity index (χ0n) is 76.6. The van der Waals surface area contributed by atoms with Gasteiger partial charge in [0, 0.05) is 75.3 Å². The van der Waals surface area contributed by atoms with Crippen LogP contribution in [-0.2, 0) is 76.2 Å². The highest BCUT2D eigenvalue weighted by Crippen LogP contribution is 2.51.